The van der Waals surface area contributed by atoms with Gasteiger partial charge in [-0.15, -0.1) is 5.10 Å². The number of hydrogen-bond donors (Lipinski definition) is 3. The van der Waals surface area contributed by atoms with Gasteiger partial charge in [-0.1, -0.05) is 5.21 Å². The zero-order valence-corrected chi connectivity index (χ0v) is 14.5. The highest BCUT2D eigenvalue weighted by Crippen LogP contribution is 2.14. The third-order valence-corrected chi connectivity index (χ3v) is 3.39. The molecule has 3 aromatic rings. The van der Waals surface area contributed by atoms with Crippen LogP contribution in [0.3, 0.4) is 0 Å². The summed E-state index contributed by atoms with van der Waals surface area (Å²) >= 11 is 0. The van der Waals surface area contributed by atoms with Crippen LogP contribution in [0.5, 0.6) is 0 Å². The van der Waals surface area contributed by atoms with Crippen LogP contribution in [-0.4, -0.2) is 48.9 Å². The zero-order chi connectivity index (χ0) is 18.4. The Balaban J connectivity index is 1.48. The lowest BCUT2D eigenvalue weighted by Gasteiger charge is -2.09. The van der Waals surface area contributed by atoms with Crippen LogP contribution in [0.15, 0.2) is 36.9 Å². The first kappa shape index (κ1) is 17.3. The van der Waals surface area contributed by atoms with Crippen LogP contribution >= 0.6 is 0 Å². The van der Waals surface area contributed by atoms with Crippen molar-refractivity contribution in [3.63, 3.8) is 0 Å². The lowest BCUT2D eigenvalue weighted by molar-refractivity contribution is 0.0950. The molecule has 1 amide bonds. The number of carbonyl (C=O) groups excluding carboxylic acids is 1. The fourth-order valence-corrected chi connectivity index (χ4v) is 2.17. The Hall–Kier alpha value is -3.56. The Bertz CT molecular complexity index is 893. The second kappa shape index (κ2) is 8.01. The van der Waals surface area contributed by atoms with Crippen molar-refractivity contribution >= 4 is 23.4 Å². The Morgan fingerprint density at radius 1 is 1.12 bits per heavy atom. The van der Waals surface area contributed by atoms with Crippen molar-refractivity contribution in [1.29, 1.82) is 0 Å². The number of anilines is 3. The fourth-order valence-electron chi connectivity index (χ4n) is 2.17. The highest BCUT2D eigenvalue weighted by molar-refractivity contribution is 5.91. The second-order valence-corrected chi connectivity index (χ2v) is 5.59. The number of nitrogens with zero attached hydrogens (tertiary/aromatic N) is 6. The first-order chi connectivity index (χ1) is 12.6. The minimum Gasteiger partial charge on any atom is -0.368 e. The molecule has 3 aromatic heterocycles. The van der Waals surface area contributed by atoms with Gasteiger partial charge >= 0.3 is 0 Å². The molecule has 3 rings (SSSR count). The summed E-state index contributed by atoms with van der Waals surface area (Å²) in [6, 6.07) is 5.62. The third kappa shape index (κ3) is 4.72. The third-order valence-electron chi connectivity index (χ3n) is 3.39. The van der Waals surface area contributed by atoms with Crippen molar-refractivity contribution in [2.75, 3.05) is 23.7 Å². The molecule has 3 N–H and O–H groups in total. The predicted octanol–water partition coefficient (Wildman–Crippen LogP) is 0.894. The Morgan fingerprint density at radius 3 is 2.69 bits per heavy atom. The predicted molar refractivity (Wildman–Crippen MR) is 96.1 cm³/mol. The van der Waals surface area contributed by atoms with E-state index in [-0.39, 0.29) is 11.6 Å². The summed E-state index contributed by atoms with van der Waals surface area (Å²) in [5, 5.41) is 16.5. The molecule has 26 heavy (non-hydrogen) atoms. The molecule has 10 heteroatoms. The molecule has 0 aliphatic carbocycles. The van der Waals surface area contributed by atoms with E-state index in [4.69, 9.17) is 0 Å². The number of carbonyl (C=O) groups is 1. The van der Waals surface area contributed by atoms with Gasteiger partial charge in [0.05, 0.1) is 6.20 Å². The molecule has 0 radical (unpaired) electrons. The lowest BCUT2D eigenvalue weighted by Crippen LogP contribution is -2.29. The number of aromatic nitrogens is 6. The standard InChI is InChI=1S/C16H19N9O/c1-11-3-4-17-14(7-11)22-15-8-13(20-10-21-15)18-5-6-19-16(26)12-9-25(2)24-23-12/h3-4,7-10H,5-6H2,1-2H3,(H,19,26)(H2,17,18,20,21,22). The van der Waals surface area contributed by atoms with E-state index >= 15 is 0 Å². The van der Waals surface area contributed by atoms with E-state index in [1.165, 1.54) is 11.0 Å². The van der Waals surface area contributed by atoms with Gasteiger partial charge in [-0.2, -0.15) is 0 Å². The van der Waals surface area contributed by atoms with Crippen molar-refractivity contribution in [3.8, 4) is 0 Å². The Labute approximate surface area is 150 Å². The molecule has 0 atom stereocenters. The van der Waals surface area contributed by atoms with E-state index in [1.54, 1.807) is 25.5 Å². The number of amides is 1. The lowest BCUT2D eigenvalue weighted by atomic mass is 10.3. The highest BCUT2D eigenvalue weighted by Gasteiger charge is 2.08. The van der Waals surface area contributed by atoms with Crippen molar-refractivity contribution in [2.45, 2.75) is 6.92 Å². The summed E-state index contributed by atoms with van der Waals surface area (Å²) in [6.07, 6.45) is 4.75. The van der Waals surface area contributed by atoms with Gasteiger partial charge in [-0.05, 0) is 24.6 Å². The monoisotopic (exact) mass is 353 g/mol. The topological polar surface area (TPSA) is 123 Å². The van der Waals surface area contributed by atoms with E-state index in [0.717, 1.165) is 5.56 Å². The van der Waals surface area contributed by atoms with Crippen LogP contribution in [0.4, 0.5) is 17.5 Å². The Kier molecular flexibility index (Phi) is 5.32. The number of pyridine rings is 1. The van der Waals surface area contributed by atoms with E-state index in [1.807, 2.05) is 19.1 Å². The van der Waals surface area contributed by atoms with Crippen molar-refractivity contribution in [3.05, 3.63) is 48.2 Å². The number of aryl methyl sites for hydroxylation is 2. The van der Waals surface area contributed by atoms with Gasteiger partial charge in [0.25, 0.3) is 5.91 Å². The molecular weight excluding hydrogens is 334 g/mol. The molecule has 0 aliphatic heterocycles. The van der Waals surface area contributed by atoms with Crippen molar-refractivity contribution < 1.29 is 4.79 Å². The second-order valence-electron chi connectivity index (χ2n) is 5.59. The van der Waals surface area contributed by atoms with Gasteiger partial charge in [-0.3, -0.25) is 9.48 Å². The molecule has 0 unspecified atom stereocenters. The van der Waals surface area contributed by atoms with Gasteiger partial charge in [0, 0.05) is 32.4 Å². The van der Waals surface area contributed by atoms with Gasteiger partial charge in [0.2, 0.25) is 0 Å². The van der Waals surface area contributed by atoms with Gasteiger partial charge < -0.3 is 16.0 Å². The molecule has 134 valence electrons. The van der Waals surface area contributed by atoms with Crippen molar-refractivity contribution in [2.24, 2.45) is 7.05 Å². The molecule has 3 heterocycles. The molecular formula is C16H19N9O. The average Bonchev–Trinajstić information content (AvgIpc) is 3.05. The summed E-state index contributed by atoms with van der Waals surface area (Å²) in [5.41, 5.74) is 1.39. The molecule has 0 saturated carbocycles. The SMILES string of the molecule is Cc1ccnc(Nc2cc(NCCNC(=O)c3cn(C)nn3)ncn2)c1. The van der Waals surface area contributed by atoms with E-state index in [0.29, 0.717) is 30.5 Å². The molecule has 0 saturated heterocycles. The van der Waals surface area contributed by atoms with E-state index in [2.05, 4.69) is 41.2 Å². The normalized spacial score (nSPS) is 10.4. The summed E-state index contributed by atoms with van der Waals surface area (Å²) in [5.74, 6) is 1.72. The van der Waals surface area contributed by atoms with Crippen LogP contribution < -0.4 is 16.0 Å². The first-order valence-electron chi connectivity index (χ1n) is 8.00. The number of nitrogens with one attached hydrogen (secondary N) is 3. The molecule has 0 aliphatic rings. The molecule has 0 spiro atoms. The highest BCUT2D eigenvalue weighted by atomic mass is 16.2. The zero-order valence-electron chi connectivity index (χ0n) is 14.5. The maximum atomic E-state index is 11.9. The average molecular weight is 353 g/mol. The number of hydrogen-bond acceptors (Lipinski definition) is 8. The minimum atomic E-state index is -0.268. The van der Waals surface area contributed by atoms with Crippen LogP contribution in [0.1, 0.15) is 16.1 Å². The van der Waals surface area contributed by atoms with Crippen LogP contribution in [-0.2, 0) is 7.05 Å². The molecule has 10 nitrogen and oxygen atoms in total. The molecule has 0 fully saturated rings. The van der Waals surface area contributed by atoms with Crippen LogP contribution in [0.2, 0.25) is 0 Å². The van der Waals surface area contributed by atoms with Crippen LogP contribution in [0.25, 0.3) is 0 Å². The summed E-state index contributed by atoms with van der Waals surface area (Å²) in [7, 11) is 1.71. The maximum absolute atomic E-state index is 11.9. The van der Waals surface area contributed by atoms with E-state index < -0.39 is 0 Å². The van der Waals surface area contributed by atoms with Gasteiger partial charge in [0.1, 0.15) is 23.8 Å². The summed E-state index contributed by atoms with van der Waals surface area (Å²) in [6.45, 7) is 2.92. The van der Waals surface area contributed by atoms with Gasteiger partial charge in [-0.25, -0.2) is 15.0 Å². The van der Waals surface area contributed by atoms with Crippen molar-refractivity contribution in [1.82, 2.24) is 35.3 Å². The van der Waals surface area contributed by atoms with Crippen LogP contribution in [0, 0.1) is 6.92 Å². The first-order valence-corrected chi connectivity index (χ1v) is 8.00. The van der Waals surface area contributed by atoms with Gasteiger partial charge in [0.15, 0.2) is 5.69 Å². The largest absolute Gasteiger partial charge is 0.368 e. The maximum Gasteiger partial charge on any atom is 0.273 e. The molecule has 0 bridgehead atoms. The fraction of sp³-hybridized carbons (Fsp3) is 0.250. The Morgan fingerprint density at radius 2 is 1.92 bits per heavy atom. The van der Waals surface area contributed by atoms with E-state index in [9.17, 15) is 4.79 Å². The molecule has 0 aromatic carbocycles. The summed E-state index contributed by atoms with van der Waals surface area (Å²) in [4.78, 5) is 24.4. The quantitative estimate of drug-likeness (QED) is 0.535. The number of rotatable bonds is 7. The smallest absolute Gasteiger partial charge is 0.273 e. The summed E-state index contributed by atoms with van der Waals surface area (Å²) < 4.78 is 1.48. The minimum absolute atomic E-state index is 0.268.